The number of hydrogen-bond donors (Lipinski definition) is 1. The number of halogens is 1. The molecule has 4 aromatic rings. The number of carbonyl (C=O) groups excluding carboxylic acids is 1. The maximum Gasteiger partial charge on any atom is 0.261 e. The molecule has 0 unspecified atom stereocenters. The van der Waals surface area contributed by atoms with E-state index in [0.29, 0.717) is 22.8 Å². The smallest absolute Gasteiger partial charge is 0.261 e. The molecule has 0 spiro atoms. The Balaban J connectivity index is 1.46. The van der Waals surface area contributed by atoms with Gasteiger partial charge in [0.2, 0.25) is 5.88 Å². The van der Waals surface area contributed by atoms with E-state index < -0.39 is 5.91 Å². The second kappa shape index (κ2) is 7.79. The molecular formula is C21H15FN2O4. The number of nitrogens with zero attached hydrogens (tertiary/aromatic N) is 1. The van der Waals surface area contributed by atoms with Crippen LogP contribution in [0, 0.1) is 5.82 Å². The number of para-hydroxylation sites is 1. The van der Waals surface area contributed by atoms with E-state index in [1.54, 1.807) is 54.6 Å². The van der Waals surface area contributed by atoms with E-state index in [0.717, 1.165) is 5.56 Å². The van der Waals surface area contributed by atoms with Gasteiger partial charge in [-0.25, -0.2) is 4.39 Å². The molecule has 1 amide bonds. The molecule has 4 rings (SSSR count). The first-order chi connectivity index (χ1) is 13.7. The van der Waals surface area contributed by atoms with Crippen LogP contribution in [-0.4, -0.2) is 11.1 Å². The monoisotopic (exact) mass is 378 g/mol. The highest BCUT2D eigenvalue weighted by molar-refractivity contribution is 6.05. The minimum atomic E-state index is -0.406. The second-order valence-corrected chi connectivity index (χ2v) is 5.92. The second-order valence-electron chi connectivity index (χ2n) is 5.92. The zero-order valence-electron chi connectivity index (χ0n) is 14.6. The maximum absolute atomic E-state index is 13.0. The van der Waals surface area contributed by atoms with Crippen molar-refractivity contribution in [2.45, 2.75) is 6.61 Å². The summed E-state index contributed by atoms with van der Waals surface area (Å²) in [4.78, 5) is 12.6. The van der Waals surface area contributed by atoms with Crippen LogP contribution in [0.2, 0.25) is 0 Å². The zero-order valence-corrected chi connectivity index (χ0v) is 14.6. The number of anilines is 1. The zero-order chi connectivity index (χ0) is 19.3. The lowest BCUT2D eigenvalue weighted by atomic mass is 10.2. The Labute approximate surface area is 159 Å². The van der Waals surface area contributed by atoms with Crippen molar-refractivity contribution in [3.05, 3.63) is 89.9 Å². The van der Waals surface area contributed by atoms with Crippen molar-refractivity contribution >= 4 is 11.8 Å². The van der Waals surface area contributed by atoms with Crippen molar-refractivity contribution in [3.8, 4) is 17.2 Å². The molecule has 0 fully saturated rings. The van der Waals surface area contributed by atoms with Gasteiger partial charge in [-0.05, 0) is 42.0 Å². The highest BCUT2D eigenvalue weighted by Gasteiger charge is 2.16. The summed E-state index contributed by atoms with van der Waals surface area (Å²) < 4.78 is 29.1. The molecule has 28 heavy (non-hydrogen) atoms. The predicted molar refractivity (Wildman–Crippen MR) is 99.3 cm³/mol. The van der Waals surface area contributed by atoms with Gasteiger partial charge >= 0.3 is 0 Å². The number of furan rings is 1. The summed E-state index contributed by atoms with van der Waals surface area (Å²) in [6, 6.07) is 17.8. The summed E-state index contributed by atoms with van der Waals surface area (Å²) in [6.45, 7) is 0.204. The largest absolute Gasteiger partial charge is 0.488 e. The van der Waals surface area contributed by atoms with Gasteiger partial charge in [0.25, 0.3) is 5.91 Å². The fourth-order valence-electron chi connectivity index (χ4n) is 2.58. The van der Waals surface area contributed by atoms with Crippen LogP contribution >= 0.6 is 0 Å². The van der Waals surface area contributed by atoms with Crippen LogP contribution in [0.15, 0.2) is 81.9 Å². The number of hydrogen-bond acceptors (Lipinski definition) is 5. The predicted octanol–water partition coefficient (Wildman–Crippen LogP) is 4.91. The van der Waals surface area contributed by atoms with Crippen LogP contribution in [0.5, 0.6) is 5.75 Å². The van der Waals surface area contributed by atoms with Crippen LogP contribution in [0.3, 0.4) is 0 Å². The Morgan fingerprint density at radius 3 is 2.68 bits per heavy atom. The van der Waals surface area contributed by atoms with E-state index >= 15 is 0 Å². The van der Waals surface area contributed by atoms with Crippen molar-refractivity contribution in [2.24, 2.45) is 0 Å². The van der Waals surface area contributed by atoms with Crippen molar-refractivity contribution in [3.63, 3.8) is 0 Å². The molecule has 1 N–H and O–H groups in total. The summed E-state index contributed by atoms with van der Waals surface area (Å²) in [5, 5.41) is 6.51. The molecule has 0 aliphatic heterocycles. The third-order valence-electron chi connectivity index (χ3n) is 3.96. The van der Waals surface area contributed by atoms with E-state index in [9.17, 15) is 9.18 Å². The van der Waals surface area contributed by atoms with Gasteiger partial charge in [-0.1, -0.05) is 29.4 Å². The van der Waals surface area contributed by atoms with Crippen LogP contribution in [0.4, 0.5) is 10.3 Å². The van der Waals surface area contributed by atoms with Crippen LogP contribution in [0.1, 0.15) is 15.9 Å². The Morgan fingerprint density at radius 1 is 1.07 bits per heavy atom. The summed E-state index contributed by atoms with van der Waals surface area (Å²) in [5.74, 6) is 0.397. The topological polar surface area (TPSA) is 77.5 Å². The van der Waals surface area contributed by atoms with E-state index in [1.807, 2.05) is 0 Å². The van der Waals surface area contributed by atoms with E-state index in [-0.39, 0.29) is 18.3 Å². The van der Waals surface area contributed by atoms with Gasteiger partial charge in [-0.3, -0.25) is 10.1 Å². The summed E-state index contributed by atoms with van der Waals surface area (Å²) >= 11 is 0. The van der Waals surface area contributed by atoms with Crippen molar-refractivity contribution in [2.75, 3.05) is 5.32 Å². The number of carbonyl (C=O) groups is 1. The third-order valence-corrected chi connectivity index (χ3v) is 3.96. The Bertz CT molecular complexity index is 1070. The van der Waals surface area contributed by atoms with Gasteiger partial charge in [0.15, 0.2) is 11.5 Å². The molecule has 2 aromatic heterocycles. The van der Waals surface area contributed by atoms with Gasteiger partial charge in [0.05, 0.1) is 11.8 Å². The van der Waals surface area contributed by atoms with Crippen molar-refractivity contribution < 1.29 is 22.9 Å². The normalized spacial score (nSPS) is 10.6. The van der Waals surface area contributed by atoms with Crippen LogP contribution in [-0.2, 0) is 6.61 Å². The number of ether oxygens (including phenoxy) is 1. The Kier molecular flexibility index (Phi) is 4.88. The molecule has 0 atom stereocenters. The minimum absolute atomic E-state index is 0.185. The van der Waals surface area contributed by atoms with Gasteiger partial charge in [0, 0.05) is 6.07 Å². The molecule has 6 nitrogen and oxygen atoms in total. The fraction of sp³-hybridized carbons (Fsp3) is 0.0476. The molecule has 0 saturated heterocycles. The molecule has 0 radical (unpaired) electrons. The first-order valence-corrected chi connectivity index (χ1v) is 8.47. The lowest BCUT2D eigenvalue weighted by molar-refractivity contribution is 0.101. The molecule has 0 aliphatic carbocycles. The van der Waals surface area contributed by atoms with Crippen LogP contribution < -0.4 is 10.1 Å². The molecule has 0 aliphatic rings. The molecule has 0 bridgehead atoms. The number of benzene rings is 2. The standard InChI is InChI=1S/C21H15FN2O4/c22-15-9-7-14(8-10-15)13-27-18-5-2-1-4-16(18)21(25)23-20-12-17(24-28-20)19-6-3-11-26-19/h1-12H,13H2,(H,23,25). The Hall–Kier alpha value is -3.87. The van der Waals surface area contributed by atoms with Crippen molar-refractivity contribution in [1.29, 1.82) is 0 Å². The lowest BCUT2D eigenvalue weighted by Crippen LogP contribution is -2.13. The molecule has 2 heterocycles. The average molecular weight is 378 g/mol. The van der Waals surface area contributed by atoms with E-state index in [1.165, 1.54) is 18.4 Å². The van der Waals surface area contributed by atoms with Gasteiger partial charge < -0.3 is 13.7 Å². The van der Waals surface area contributed by atoms with Crippen molar-refractivity contribution in [1.82, 2.24) is 5.16 Å². The molecule has 0 saturated carbocycles. The van der Waals surface area contributed by atoms with E-state index in [2.05, 4.69) is 10.5 Å². The molecular weight excluding hydrogens is 363 g/mol. The first kappa shape index (κ1) is 17.5. The molecule has 140 valence electrons. The summed E-state index contributed by atoms with van der Waals surface area (Å²) in [7, 11) is 0. The highest BCUT2D eigenvalue weighted by atomic mass is 19.1. The summed E-state index contributed by atoms with van der Waals surface area (Å²) in [5.41, 5.74) is 1.59. The number of aromatic nitrogens is 1. The SMILES string of the molecule is O=C(Nc1cc(-c2ccco2)no1)c1ccccc1OCc1ccc(F)cc1. The fourth-order valence-corrected chi connectivity index (χ4v) is 2.58. The molecule has 2 aromatic carbocycles. The number of nitrogens with one attached hydrogen (secondary N) is 1. The summed E-state index contributed by atoms with van der Waals surface area (Å²) in [6.07, 6.45) is 1.52. The average Bonchev–Trinajstić information content (AvgIpc) is 3.39. The van der Waals surface area contributed by atoms with Gasteiger partial charge in [-0.2, -0.15) is 0 Å². The third kappa shape index (κ3) is 3.93. The van der Waals surface area contributed by atoms with Gasteiger partial charge in [-0.15, -0.1) is 0 Å². The number of rotatable bonds is 6. The highest BCUT2D eigenvalue weighted by Crippen LogP contribution is 2.24. The van der Waals surface area contributed by atoms with Gasteiger partial charge in [0.1, 0.15) is 18.2 Å². The lowest BCUT2D eigenvalue weighted by Gasteiger charge is -2.11. The molecule has 7 heteroatoms. The van der Waals surface area contributed by atoms with E-state index in [4.69, 9.17) is 13.7 Å². The quantitative estimate of drug-likeness (QED) is 0.516. The first-order valence-electron chi connectivity index (χ1n) is 8.47. The van der Waals surface area contributed by atoms with Crippen LogP contribution in [0.25, 0.3) is 11.5 Å². The maximum atomic E-state index is 13.0. The minimum Gasteiger partial charge on any atom is -0.488 e. The Morgan fingerprint density at radius 2 is 1.89 bits per heavy atom. The number of amides is 1.